The molecule has 0 aliphatic carbocycles. The number of aromatic nitrogens is 2. The van der Waals surface area contributed by atoms with Crippen LogP contribution in [-0.2, 0) is 16.1 Å². The van der Waals surface area contributed by atoms with Gasteiger partial charge >= 0.3 is 12.1 Å². The zero-order valence-electron chi connectivity index (χ0n) is 12.8. The molecule has 0 radical (unpaired) electrons. The second kappa shape index (κ2) is 5.91. The standard InChI is InChI=1S/C13H20N4O5/c1-12(2,3)22-11(20)17-6-13(7-17,4-10(18)19)15-5-9-14-8-21-16-9/h8,15H,4-7H2,1-3H3,(H,18,19). The Kier molecular flexibility index (Phi) is 4.36. The Morgan fingerprint density at radius 3 is 2.68 bits per heavy atom. The molecule has 0 aromatic carbocycles. The number of carbonyl (C=O) groups is 2. The molecule has 2 heterocycles. The molecule has 22 heavy (non-hydrogen) atoms. The summed E-state index contributed by atoms with van der Waals surface area (Å²) in [6.45, 7) is 6.13. The molecule has 9 nitrogen and oxygen atoms in total. The van der Waals surface area contributed by atoms with Gasteiger partial charge in [-0.05, 0) is 20.8 Å². The highest BCUT2D eigenvalue weighted by Gasteiger charge is 2.47. The van der Waals surface area contributed by atoms with Crippen LogP contribution in [0.5, 0.6) is 0 Å². The Morgan fingerprint density at radius 2 is 2.18 bits per heavy atom. The highest BCUT2D eigenvalue weighted by Crippen LogP contribution is 2.27. The van der Waals surface area contributed by atoms with Crippen LogP contribution in [0, 0.1) is 0 Å². The lowest BCUT2D eigenvalue weighted by molar-refractivity contribution is -0.141. The summed E-state index contributed by atoms with van der Waals surface area (Å²) in [4.78, 5) is 28.3. The number of likely N-dealkylation sites (tertiary alicyclic amines) is 1. The third kappa shape index (κ3) is 4.17. The summed E-state index contributed by atoms with van der Waals surface area (Å²) in [5.41, 5.74) is -1.29. The second-order valence-corrected chi connectivity index (χ2v) is 6.39. The van der Waals surface area contributed by atoms with E-state index in [0.29, 0.717) is 5.82 Å². The van der Waals surface area contributed by atoms with Gasteiger partial charge in [-0.3, -0.25) is 4.79 Å². The summed E-state index contributed by atoms with van der Waals surface area (Å²) >= 11 is 0. The number of aliphatic carboxylic acids is 1. The number of hydrogen-bond acceptors (Lipinski definition) is 7. The van der Waals surface area contributed by atoms with Gasteiger partial charge in [0.15, 0.2) is 5.82 Å². The summed E-state index contributed by atoms with van der Waals surface area (Å²) in [5, 5.41) is 15.8. The topological polar surface area (TPSA) is 118 Å². The van der Waals surface area contributed by atoms with Crippen LogP contribution in [0.25, 0.3) is 0 Å². The number of carbonyl (C=O) groups excluding carboxylic acids is 1. The van der Waals surface area contributed by atoms with Crippen molar-refractivity contribution in [3.63, 3.8) is 0 Å². The predicted molar refractivity (Wildman–Crippen MR) is 73.9 cm³/mol. The van der Waals surface area contributed by atoms with Crippen molar-refractivity contribution >= 4 is 12.1 Å². The fourth-order valence-corrected chi connectivity index (χ4v) is 2.25. The van der Waals surface area contributed by atoms with Gasteiger partial charge in [0.2, 0.25) is 6.39 Å². The zero-order valence-corrected chi connectivity index (χ0v) is 12.8. The van der Waals surface area contributed by atoms with Crippen molar-refractivity contribution in [2.75, 3.05) is 13.1 Å². The Hall–Kier alpha value is -2.16. The van der Waals surface area contributed by atoms with Gasteiger partial charge in [0.25, 0.3) is 0 Å². The monoisotopic (exact) mass is 312 g/mol. The van der Waals surface area contributed by atoms with E-state index < -0.39 is 23.2 Å². The largest absolute Gasteiger partial charge is 0.481 e. The Morgan fingerprint density at radius 1 is 1.50 bits per heavy atom. The number of rotatable bonds is 5. The Bertz CT molecular complexity index is 531. The SMILES string of the molecule is CC(C)(C)OC(=O)N1CC(CC(=O)O)(NCc2ncon2)C1. The fourth-order valence-electron chi connectivity index (χ4n) is 2.25. The van der Waals surface area contributed by atoms with Crippen LogP contribution in [0.15, 0.2) is 10.9 Å². The average molecular weight is 312 g/mol. The molecule has 2 N–H and O–H groups in total. The number of hydrogen-bond donors (Lipinski definition) is 2. The molecule has 1 fully saturated rings. The van der Waals surface area contributed by atoms with Gasteiger partial charge in [-0.15, -0.1) is 0 Å². The minimum absolute atomic E-state index is 0.107. The van der Waals surface area contributed by atoms with Crippen molar-refractivity contribution in [2.24, 2.45) is 0 Å². The smallest absolute Gasteiger partial charge is 0.410 e. The van der Waals surface area contributed by atoms with Crippen molar-refractivity contribution in [1.29, 1.82) is 0 Å². The summed E-state index contributed by atoms with van der Waals surface area (Å²) in [7, 11) is 0. The number of ether oxygens (including phenoxy) is 1. The average Bonchev–Trinajstić information content (AvgIpc) is 2.81. The molecule has 1 amide bonds. The minimum atomic E-state index is -0.940. The van der Waals surface area contributed by atoms with Gasteiger partial charge in [0.05, 0.1) is 18.5 Å². The van der Waals surface area contributed by atoms with Gasteiger partial charge in [-0.25, -0.2) is 4.79 Å². The highest BCUT2D eigenvalue weighted by molar-refractivity contribution is 5.73. The van der Waals surface area contributed by atoms with Crippen LogP contribution >= 0.6 is 0 Å². The summed E-state index contributed by atoms with van der Waals surface area (Å²) in [6, 6.07) is 0. The quantitative estimate of drug-likeness (QED) is 0.812. The molecule has 0 atom stereocenters. The van der Waals surface area contributed by atoms with Crippen molar-refractivity contribution in [2.45, 2.75) is 44.9 Å². The van der Waals surface area contributed by atoms with Crippen LogP contribution < -0.4 is 5.32 Å². The molecule has 0 spiro atoms. The van der Waals surface area contributed by atoms with Crippen LogP contribution in [0.4, 0.5) is 4.79 Å². The van der Waals surface area contributed by atoms with Crippen LogP contribution in [0.1, 0.15) is 33.0 Å². The van der Waals surface area contributed by atoms with Gasteiger partial charge < -0.3 is 24.6 Å². The van der Waals surface area contributed by atoms with Crippen molar-refractivity contribution in [3.05, 3.63) is 12.2 Å². The second-order valence-electron chi connectivity index (χ2n) is 6.39. The number of nitrogens with zero attached hydrogens (tertiary/aromatic N) is 3. The first-order valence-electron chi connectivity index (χ1n) is 6.89. The lowest BCUT2D eigenvalue weighted by Gasteiger charge is -2.49. The molecule has 1 aliphatic heterocycles. The maximum atomic E-state index is 11.9. The van der Waals surface area contributed by atoms with E-state index in [2.05, 4.69) is 20.0 Å². The molecule has 1 aliphatic rings. The fraction of sp³-hybridized carbons (Fsp3) is 0.692. The third-order valence-corrected chi connectivity index (χ3v) is 3.16. The molecule has 1 aromatic heterocycles. The molecule has 0 unspecified atom stereocenters. The molecule has 9 heteroatoms. The van der Waals surface area contributed by atoms with Crippen LogP contribution in [-0.4, -0.2) is 56.4 Å². The Labute approximate surface area is 127 Å². The zero-order chi connectivity index (χ0) is 16.4. The minimum Gasteiger partial charge on any atom is -0.481 e. The number of carboxylic acids is 1. The first-order chi connectivity index (χ1) is 10.2. The van der Waals surface area contributed by atoms with E-state index in [-0.39, 0.29) is 26.1 Å². The highest BCUT2D eigenvalue weighted by atomic mass is 16.6. The van der Waals surface area contributed by atoms with E-state index in [1.54, 1.807) is 20.8 Å². The van der Waals surface area contributed by atoms with Gasteiger partial charge in [0.1, 0.15) is 5.60 Å². The molecule has 0 saturated carbocycles. The van der Waals surface area contributed by atoms with E-state index in [1.807, 2.05) is 0 Å². The van der Waals surface area contributed by atoms with E-state index in [9.17, 15) is 9.59 Å². The van der Waals surface area contributed by atoms with Gasteiger partial charge in [0, 0.05) is 13.1 Å². The number of carboxylic acid groups (broad SMARTS) is 1. The molecule has 2 rings (SSSR count). The van der Waals surface area contributed by atoms with Gasteiger partial charge in [-0.2, -0.15) is 4.98 Å². The molecular weight excluding hydrogens is 292 g/mol. The van der Waals surface area contributed by atoms with E-state index in [4.69, 9.17) is 9.84 Å². The maximum Gasteiger partial charge on any atom is 0.410 e. The van der Waals surface area contributed by atoms with Gasteiger partial charge in [-0.1, -0.05) is 5.16 Å². The number of amides is 1. The first-order valence-corrected chi connectivity index (χ1v) is 6.89. The first kappa shape index (κ1) is 16.2. The molecule has 0 bridgehead atoms. The summed E-state index contributed by atoms with van der Waals surface area (Å²) in [6.07, 6.45) is 0.647. The summed E-state index contributed by atoms with van der Waals surface area (Å²) in [5.74, 6) is -0.509. The van der Waals surface area contributed by atoms with Crippen LogP contribution in [0.3, 0.4) is 0 Å². The van der Waals surface area contributed by atoms with Crippen molar-refractivity contribution in [3.8, 4) is 0 Å². The molecule has 1 saturated heterocycles. The van der Waals surface area contributed by atoms with E-state index in [1.165, 1.54) is 11.3 Å². The third-order valence-electron chi connectivity index (χ3n) is 3.16. The molecular formula is C13H20N4O5. The molecule has 122 valence electrons. The van der Waals surface area contributed by atoms with E-state index >= 15 is 0 Å². The lowest BCUT2D eigenvalue weighted by Crippen LogP contribution is -2.71. The maximum absolute atomic E-state index is 11.9. The molecule has 1 aromatic rings. The van der Waals surface area contributed by atoms with E-state index in [0.717, 1.165) is 0 Å². The predicted octanol–water partition coefficient (Wildman–Crippen LogP) is 0.623. The lowest BCUT2D eigenvalue weighted by atomic mass is 9.86. The van der Waals surface area contributed by atoms with Crippen LogP contribution in [0.2, 0.25) is 0 Å². The Balaban J connectivity index is 1.93. The van der Waals surface area contributed by atoms with Crippen molar-refractivity contribution < 1.29 is 24.0 Å². The normalized spacial score (nSPS) is 17.0. The van der Waals surface area contributed by atoms with Crippen molar-refractivity contribution in [1.82, 2.24) is 20.4 Å². The number of nitrogens with one attached hydrogen (secondary N) is 1. The summed E-state index contributed by atoms with van der Waals surface area (Å²) < 4.78 is 9.89.